The summed E-state index contributed by atoms with van der Waals surface area (Å²) in [5.41, 5.74) is 3.57. The van der Waals surface area contributed by atoms with Crippen molar-refractivity contribution >= 4 is 46.5 Å². The van der Waals surface area contributed by atoms with E-state index in [0.29, 0.717) is 17.3 Å². The maximum Gasteiger partial charge on any atom is 0.319 e. The number of hydrogen-bond donors (Lipinski definition) is 2. The summed E-state index contributed by atoms with van der Waals surface area (Å²) in [6, 6.07) is 10.2. The highest BCUT2D eigenvalue weighted by Gasteiger charge is 2.31. The minimum absolute atomic E-state index is 0.0145. The monoisotopic (exact) mass is 391 g/mol. The molecule has 0 unspecified atom stereocenters. The average molecular weight is 392 g/mol. The molecule has 2 aromatic rings. The smallest absolute Gasteiger partial charge is 0.319 e. The number of nitrogens with zero attached hydrogens (tertiary/aromatic N) is 1. The van der Waals surface area contributed by atoms with Gasteiger partial charge in [0.15, 0.2) is 0 Å². The molecule has 1 aliphatic heterocycles. The Hall–Kier alpha value is -2.24. The quantitative estimate of drug-likeness (QED) is 0.806. The molecule has 0 radical (unpaired) electrons. The molecule has 3 rings (SSSR count). The third-order valence-electron chi connectivity index (χ3n) is 4.46. The molecule has 1 saturated heterocycles. The van der Waals surface area contributed by atoms with Gasteiger partial charge in [0.05, 0.1) is 21.8 Å². The number of amides is 3. The minimum Gasteiger partial charge on any atom is -0.333 e. The van der Waals surface area contributed by atoms with Crippen LogP contribution in [0.3, 0.4) is 0 Å². The van der Waals surface area contributed by atoms with Gasteiger partial charge in [-0.2, -0.15) is 0 Å². The number of carbonyl (C=O) groups excluding carboxylic acids is 2. The number of urea groups is 1. The van der Waals surface area contributed by atoms with Crippen LogP contribution in [-0.4, -0.2) is 24.5 Å². The Labute approximate surface area is 162 Å². The summed E-state index contributed by atoms with van der Waals surface area (Å²) in [6.45, 7) is 4.47. The molecule has 0 spiro atoms. The third-order valence-corrected chi connectivity index (χ3v) is 5.28. The molecule has 136 valence electrons. The van der Waals surface area contributed by atoms with Crippen LogP contribution in [0.25, 0.3) is 0 Å². The third kappa shape index (κ3) is 3.94. The molecule has 2 aromatic carbocycles. The Kier molecular flexibility index (Phi) is 5.39. The molecule has 3 amide bonds. The zero-order valence-electron chi connectivity index (χ0n) is 14.5. The van der Waals surface area contributed by atoms with E-state index in [0.717, 1.165) is 11.3 Å². The summed E-state index contributed by atoms with van der Waals surface area (Å²) in [5.74, 6) is -0.0145. The molecule has 7 heteroatoms. The summed E-state index contributed by atoms with van der Waals surface area (Å²) < 4.78 is 0. The normalized spacial score (nSPS) is 16.7. The number of benzene rings is 2. The first-order chi connectivity index (χ1) is 12.3. The number of nitrogens with one attached hydrogen (secondary N) is 2. The Morgan fingerprint density at radius 2 is 1.92 bits per heavy atom. The first-order valence-electron chi connectivity index (χ1n) is 8.24. The fourth-order valence-corrected chi connectivity index (χ4v) is 3.24. The lowest BCUT2D eigenvalue weighted by atomic mass is 10.1. The van der Waals surface area contributed by atoms with Gasteiger partial charge < -0.3 is 15.5 Å². The van der Waals surface area contributed by atoms with E-state index in [1.165, 1.54) is 5.56 Å². The van der Waals surface area contributed by atoms with Crippen LogP contribution in [0, 0.1) is 13.8 Å². The summed E-state index contributed by atoms with van der Waals surface area (Å²) in [5, 5.41) is 6.13. The van der Waals surface area contributed by atoms with E-state index < -0.39 is 6.03 Å². The van der Waals surface area contributed by atoms with E-state index in [-0.39, 0.29) is 23.4 Å². The Balaban J connectivity index is 1.64. The first kappa shape index (κ1) is 18.5. The summed E-state index contributed by atoms with van der Waals surface area (Å²) in [4.78, 5) is 26.3. The van der Waals surface area contributed by atoms with Gasteiger partial charge >= 0.3 is 6.03 Å². The van der Waals surface area contributed by atoms with Gasteiger partial charge in [-0.05, 0) is 49.2 Å². The van der Waals surface area contributed by atoms with Crippen LogP contribution in [0.4, 0.5) is 16.2 Å². The Bertz CT molecular complexity index is 870. The minimum atomic E-state index is -0.422. The zero-order chi connectivity index (χ0) is 18.8. The van der Waals surface area contributed by atoms with Gasteiger partial charge in [-0.15, -0.1) is 0 Å². The zero-order valence-corrected chi connectivity index (χ0v) is 16.0. The van der Waals surface area contributed by atoms with Gasteiger partial charge in [0.1, 0.15) is 0 Å². The molecule has 0 aromatic heterocycles. The van der Waals surface area contributed by atoms with Crippen LogP contribution in [0.2, 0.25) is 10.0 Å². The van der Waals surface area contributed by atoms with Crippen molar-refractivity contribution in [3.8, 4) is 0 Å². The number of aryl methyl sites for hydroxylation is 2. The van der Waals surface area contributed by atoms with E-state index in [2.05, 4.69) is 10.6 Å². The highest BCUT2D eigenvalue weighted by Crippen LogP contribution is 2.29. The summed E-state index contributed by atoms with van der Waals surface area (Å²) >= 11 is 12.0. The molecule has 2 N–H and O–H groups in total. The van der Waals surface area contributed by atoms with E-state index in [4.69, 9.17) is 23.2 Å². The molecule has 1 fully saturated rings. The van der Waals surface area contributed by atoms with Crippen LogP contribution in [0.5, 0.6) is 0 Å². The lowest BCUT2D eigenvalue weighted by molar-refractivity contribution is -0.117. The van der Waals surface area contributed by atoms with Crippen molar-refractivity contribution in [3.05, 3.63) is 57.6 Å². The van der Waals surface area contributed by atoms with Gasteiger partial charge in [-0.3, -0.25) is 4.79 Å². The maximum atomic E-state index is 12.3. The van der Waals surface area contributed by atoms with Crippen molar-refractivity contribution in [2.45, 2.75) is 26.3 Å². The van der Waals surface area contributed by atoms with Crippen molar-refractivity contribution in [2.24, 2.45) is 0 Å². The molecule has 5 nitrogen and oxygen atoms in total. The second-order valence-electron chi connectivity index (χ2n) is 6.37. The molecule has 0 saturated carbocycles. The van der Waals surface area contributed by atoms with Gasteiger partial charge in [-0.25, -0.2) is 4.79 Å². The number of hydrogen-bond acceptors (Lipinski definition) is 2. The van der Waals surface area contributed by atoms with Crippen molar-refractivity contribution in [1.82, 2.24) is 5.32 Å². The molecule has 0 aliphatic carbocycles. The maximum absolute atomic E-state index is 12.3. The van der Waals surface area contributed by atoms with Gasteiger partial charge in [0.2, 0.25) is 5.91 Å². The van der Waals surface area contributed by atoms with Crippen LogP contribution in [0.1, 0.15) is 17.5 Å². The highest BCUT2D eigenvalue weighted by atomic mass is 35.5. The van der Waals surface area contributed by atoms with Crippen LogP contribution >= 0.6 is 23.2 Å². The van der Waals surface area contributed by atoms with Crippen molar-refractivity contribution in [1.29, 1.82) is 0 Å². The van der Waals surface area contributed by atoms with E-state index in [1.54, 1.807) is 23.1 Å². The molecular formula is C19H19Cl2N3O2. The van der Waals surface area contributed by atoms with Crippen LogP contribution < -0.4 is 15.5 Å². The molecule has 1 aliphatic rings. The van der Waals surface area contributed by atoms with Gasteiger partial charge in [-0.1, -0.05) is 35.3 Å². The van der Waals surface area contributed by atoms with E-state index in [9.17, 15) is 9.59 Å². The Morgan fingerprint density at radius 1 is 1.15 bits per heavy atom. The molecule has 1 heterocycles. The van der Waals surface area contributed by atoms with Crippen molar-refractivity contribution < 1.29 is 9.59 Å². The SMILES string of the molecule is Cc1ccc(N2C[C@H](NC(=O)Nc3cccc(Cl)c3Cl)CC2=O)cc1C. The number of halogens is 2. The molecular weight excluding hydrogens is 373 g/mol. The summed E-state index contributed by atoms with van der Waals surface area (Å²) in [6.07, 6.45) is 0.254. The Morgan fingerprint density at radius 3 is 2.65 bits per heavy atom. The molecule has 1 atom stereocenters. The predicted octanol–water partition coefficient (Wildman–Crippen LogP) is 4.54. The second-order valence-corrected chi connectivity index (χ2v) is 7.16. The second kappa shape index (κ2) is 7.56. The largest absolute Gasteiger partial charge is 0.333 e. The van der Waals surface area contributed by atoms with E-state index >= 15 is 0 Å². The number of rotatable bonds is 3. The number of carbonyl (C=O) groups is 2. The fraction of sp³-hybridized carbons (Fsp3) is 0.263. The lowest BCUT2D eigenvalue weighted by Gasteiger charge is -2.18. The first-order valence-corrected chi connectivity index (χ1v) is 9.00. The van der Waals surface area contributed by atoms with Crippen molar-refractivity contribution in [2.75, 3.05) is 16.8 Å². The lowest BCUT2D eigenvalue weighted by Crippen LogP contribution is -2.39. The van der Waals surface area contributed by atoms with Crippen LogP contribution in [0.15, 0.2) is 36.4 Å². The predicted molar refractivity (Wildman–Crippen MR) is 105 cm³/mol. The fourth-order valence-electron chi connectivity index (χ4n) is 2.89. The highest BCUT2D eigenvalue weighted by molar-refractivity contribution is 6.43. The van der Waals surface area contributed by atoms with Gasteiger partial charge in [0.25, 0.3) is 0 Å². The number of anilines is 2. The van der Waals surface area contributed by atoms with Gasteiger partial charge in [0, 0.05) is 18.7 Å². The van der Waals surface area contributed by atoms with Crippen LogP contribution in [-0.2, 0) is 4.79 Å². The van der Waals surface area contributed by atoms with E-state index in [1.807, 2.05) is 32.0 Å². The summed E-state index contributed by atoms with van der Waals surface area (Å²) in [7, 11) is 0. The van der Waals surface area contributed by atoms with Crippen molar-refractivity contribution in [3.63, 3.8) is 0 Å². The topological polar surface area (TPSA) is 61.4 Å². The average Bonchev–Trinajstić information content (AvgIpc) is 2.94. The standard InChI is InChI=1S/C19H19Cl2N3O2/c1-11-6-7-14(8-12(11)2)24-10-13(9-17(24)25)22-19(26)23-16-5-3-4-15(20)18(16)21/h3-8,13H,9-10H2,1-2H3,(H2,22,23,26)/t13-/m1/s1. The molecule has 26 heavy (non-hydrogen) atoms. The molecule has 0 bridgehead atoms.